The van der Waals surface area contributed by atoms with Gasteiger partial charge in [0.05, 0.1) is 0 Å². The Morgan fingerprint density at radius 1 is 1.00 bits per heavy atom. The van der Waals surface area contributed by atoms with Crippen LogP contribution in [0.4, 0.5) is 0 Å². The Kier molecular flexibility index (Phi) is 2.77. The Hall–Kier alpha value is -1.30. The SMILES string of the molecule is CCc1cccc2cccc(C(C)C)c12. The molecule has 0 nitrogen and oxygen atoms in total. The molecule has 0 amide bonds. The molecule has 0 fully saturated rings. The van der Waals surface area contributed by atoms with E-state index in [0.29, 0.717) is 5.92 Å². The molecule has 78 valence electrons. The molecule has 0 radical (unpaired) electrons. The number of aryl methyl sites for hydroxylation is 1. The monoisotopic (exact) mass is 198 g/mol. The maximum atomic E-state index is 2.27. The van der Waals surface area contributed by atoms with E-state index in [-0.39, 0.29) is 0 Å². The molecule has 0 bridgehead atoms. The third-order valence-corrected chi connectivity index (χ3v) is 3.03. The third kappa shape index (κ3) is 1.77. The zero-order valence-corrected chi connectivity index (χ0v) is 9.75. The highest BCUT2D eigenvalue weighted by molar-refractivity contribution is 5.89. The van der Waals surface area contributed by atoms with Crippen molar-refractivity contribution in [3.05, 3.63) is 47.5 Å². The van der Waals surface area contributed by atoms with Gasteiger partial charge in [-0.25, -0.2) is 0 Å². The summed E-state index contributed by atoms with van der Waals surface area (Å²) in [5, 5.41) is 2.85. The fraction of sp³-hybridized carbons (Fsp3) is 0.333. The van der Waals surface area contributed by atoms with Gasteiger partial charge in [0.1, 0.15) is 0 Å². The fourth-order valence-corrected chi connectivity index (χ4v) is 2.23. The number of fused-ring (bicyclic) bond motifs is 1. The van der Waals surface area contributed by atoms with E-state index >= 15 is 0 Å². The Morgan fingerprint density at radius 3 is 2.27 bits per heavy atom. The Morgan fingerprint density at radius 2 is 1.67 bits per heavy atom. The minimum absolute atomic E-state index is 0.599. The summed E-state index contributed by atoms with van der Waals surface area (Å²) in [5.74, 6) is 0.599. The second-order valence-corrected chi connectivity index (χ2v) is 4.37. The van der Waals surface area contributed by atoms with Crippen LogP contribution < -0.4 is 0 Å². The summed E-state index contributed by atoms with van der Waals surface area (Å²) in [4.78, 5) is 0. The summed E-state index contributed by atoms with van der Waals surface area (Å²) in [7, 11) is 0. The van der Waals surface area contributed by atoms with Gasteiger partial charge in [-0.1, -0.05) is 57.2 Å². The molecule has 0 saturated heterocycles. The van der Waals surface area contributed by atoms with Crippen LogP contribution in [0.1, 0.15) is 37.8 Å². The van der Waals surface area contributed by atoms with E-state index in [4.69, 9.17) is 0 Å². The number of hydrogen-bond donors (Lipinski definition) is 0. The molecule has 2 aromatic carbocycles. The molecule has 0 unspecified atom stereocenters. The first-order valence-corrected chi connectivity index (χ1v) is 5.74. The van der Waals surface area contributed by atoms with Crippen LogP contribution in [-0.4, -0.2) is 0 Å². The molecular formula is C15H18. The zero-order chi connectivity index (χ0) is 10.8. The molecule has 0 heteroatoms. The zero-order valence-electron chi connectivity index (χ0n) is 9.75. The molecule has 0 heterocycles. The van der Waals surface area contributed by atoms with Crippen LogP contribution in [0.3, 0.4) is 0 Å². The van der Waals surface area contributed by atoms with Crippen LogP contribution in [-0.2, 0) is 6.42 Å². The van der Waals surface area contributed by atoms with Crippen LogP contribution in [0.5, 0.6) is 0 Å². The van der Waals surface area contributed by atoms with E-state index in [9.17, 15) is 0 Å². The molecule has 0 saturated carbocycles. The first-order chi connectivity index (χ1) is 7.24. The molecule has 0 spiro atoms. The van der Waals surface area contributed by atoms with E-state index in [1.54, 1.807) is 0 Å². The van der Waals surface area contributed by atoms with Crippen molar-refractivity contribution in [1.82, 2.24) is 0 Å². The molecule has 0 N–H and O–H groups in total. The summed E-state index contributed by atoms with van der Waals surface area (Å²) >= 11 is 0. The lowest BCUT2D eigenvalue weighted by molar-refractivity contribution is 0.874. The van der Waals surface area contributed by atoms with Crippen LogP contribution in [0.2, 0.25) is 0 Å². The quantitative estimate of drug-likeness (QED) is 0.665. The molecule has 0 aliphatic carbocycles. The summed E-state index contributed by atoms with van der Waals surface area (Å²) < 4.78 is 0. The molecule has 2 aromatic rings. The minimum atomic E-state index is 0.599. The second-order valence-electron chi connectivity index (χ2n) is 4.37. The van der Waals surface area contributed by atoms with Gasteiger partial charge in [-0.3, -0.25) is 0 Å². The molecular weight excluding hydrogens is 180 g/mol. The van der Waals surface area contributed by atoms with Crippen LogP contribution in [0, 0.1) is 0 Å². The van der Waals surface area contributed by atoms with Gasteiger partial charge in [-0.2, -0.15) is 0 Å². The normalized spacial score (nSPS) is 11.2. The van der Waals surface area contributed by atoms with Gasteiger partial charge >= 0.3 is 0 Å². The summed E-state index contributed by atoms with van der Waals surface area (Å²) in [6, 6.07) is 13.2. The van der Waals surface area contributed by atoms with Crippen molar-refractivity contribution in [2.45, 2.75) is 33.1 Å². The third-order valence-electron chi connectivity index (χ3n) is 3.03. The van der Waals surface area contributed by atoms with Gasteiger partial charge in [0, 0.05) is 0 Å². The molecule has 0 atom stereocenters. The average Bonchev–Trinajstić information content (AvgIpc) is 2.27. The van der Waals surface area contributed by atoms with Gasteiger partial charge in [-0.15, -0.1) is 0 Å². The fourth-order valence-electron chi connectivity index (χ4n) is 2.23. The van der Waals surface area contributed by atoms with Crippen molar-refractivity contribution >= 4 is 10.8 Å². The van der Waals surface area contributed by atoms with Crippen LogP contribution >= 0.6 is 0 Å². The van der Waals surface area contributed by atoms with Crippen molar-refractivity contribution in [3.63, 3.8) is 0 Å². The molecule has 0 aliphatic rings. The first-order valence-electron chi connectivity index (χ1n) is 5.74. The van der Waals surface area contributed by atoms with E-state index in [2.05, 4.69) is 57.2 Å². The Labute approximate surface area is 91.9 Å². The lowest BCUT2D eigenvalue weighted by atomic mass is 9.92. The summed E-state index contributed by atoms with van der Waals surface area (Å²) in [6.45, 7) is 6.76. The topological polar surface area (TPSA) is 0 Å². The van der Waals surface area contributed by atoms with E-state index in [1.165, 1.54) is 21.9 Å². The average molecular weight is 198 g/mol. The van der Waals surface area contributed by atoms with Gasteiger partial charge in [0.2, 0.25) is 0 Å². The molecule has 2 rings (SSSR count). The highest BCUT2D eigenvalue weighted by atomic mass is 14.1. The Balaban J connectivity index is 2.81. The lowest BCUT2D eigenvalue weighted by Crippen LogP contribution is -1.93. The van der Waals surface area contributed by atoms with E-state index in [0.717, 1.165) is 6.42 Å². The van der Waals surface area contributed by atoms with Gasteiger partial charge in [0.15, 0.2) is 0 Å². The minimum Gasteiger partial charge on any atom is -0.0614 e. The maximum absolute atomic E-state index is 2.27. The van der Waals surface area contributed by atoms with Gasteiger partial charge in [0.25, 0.3) is 0 Å². The molecule has 15 heavy (non-hydrogen) atoms. The van der Waals surface area contributed by atoms with Gasteiger partial charge in [-0.05, 0) is 34.2 Å². The lowest BCUT2D eigenvalue weighted by Gasteiger charge is -2.13. The van der Waals surface area contributed by atoms with Crippen LogP contribution in [0.15, 0.2) is 36.4 Å². The summed E-state index contributed by atoms with van der Waals surface area (Å²) in [6.07, 6.45) is 1.11. The van der Waals surface area contributed by atoms with Gasteiger partial charge < -0.3 is 0 Å². The molecule has 0 aliphatic heterocycles. The predicted octanol–water partition coefficient (Wildman–Crippen LogP) is 4.53. The second kappa shape index (κ2) is 4.06. The Bertz CT molecular complexity index is 461. The molecule has 0 aromatic heterocycles. The number of hydrogen-bond acceptors (Lipinski definition) is 0. The van der Waals surface area contributed by atoms with Crippen molar-refractivity contribution in [3.8, 4) is 0 Å². The first kappa shape index (κ1) is 10.2. The number of benzene rings is 2. The highest BCUT2D eigenvalue weighted by Crippen LogP contribution is 2.28. The van der Waals surface area contributed by atoms with E-state index < -0.39 is 0 Å². The number of rotatable bonds is 2. The van der Waals surface area contributed by atoms with Crippen molar-refractivity contribution in [1.29, 1.82) is 0 Å². The van der Waals surface area contributed by atoms with Crippen molar-refractivity contribution in [2.75, 3.05) is 0 Å². The van der Waals surface area contributed by atoms with Crippen molar-refractivity contribution in [2.24, 2.45) is 0 Å². The maximum Gasteiger partial charge on any atom is -0.0117 e. The standard InChI is InChI=1S/C15H18/c1-4-12-7-5-8-13-9-6-10-14(11(2)3)15(12)13/h5-11H,4H2,1-3H3. The van der Waals surface area contributed by atoms with Crippen molar-refractivity contribution < 1.29 is 0 Å². The largest absolute Gasteiger partial charge is 0.0614 e. The van der Waals surface area contributed by atoms with E-state index in [1.807, 2.05) is 0 Å². The van der Waals surface area contributed by atoms with Crippen LogP contribution in [0.25, 0.3) is 10.8 Å². The predicted molar refractivity (Wildman–Crippen MR) is 67.4 cm³/mol. The summed E-state index contributed by atoms with van der Waals surface area (Å²) in [5.41, 5.74) is 2.95. The highest BCUT2D eigenvalue weighted by Gasteiger charge is 2.07. The smallest absolute Gasteiger partial charge is 0.0117 e.